The van der Waals surface area contributed by atoms with E-state index in [-0.39, 0.29) is 5.04 Å². The average molecular weight is 485 g/mol. The monoisotopic (exact) mass is 484 g/mol. The van der Waals surface area contributed by atoms with Crippen molar-refractivity contribution < 1.29 is 28.4 Å². The molecule has 0 radical (unpaired) electrons. The number of hydrogen-bond donors (Lipinski definition) is 0. The molecule has 34 heavy (non-hydrogen) atoms. The predicted octanol–water partition coefficient (Wildman–Crippen LogP) is 6.87. The third-order valence-corrected chi connectivity index (χ3v) is 10.7. The Hall–Kier alpha value is -2.90. The number of methoxy groups -OCH3 is 4. The summed E-state index contributed by atoms with van der Waals surface area (Å²) in [5.41, 5.74) is 4.02. The number of ether oxygens (including phenoxy) is 4. The van der Waals surface area contributed by atoms with Crippen LogP contribution in [0.5, 0.6) is 23.0 Å². The topological polar surface area (TPSA) is 55.4 Å². The first kappa shape index (κ1) is 25.7. The van der Waals surface area contributed by atoms with Gasteiger partial charge in [0.25, 0.3) is 8.32 Å². The largest absolute Gasteiger partial charge is 0.497 e. The molecule has 0 atom stereocenters. The summed E-state index contributed by atoms with van der Waals surface area (Å²) in [6.07, 6.45) is 2.76. The first-order valence-electron chi connectivity index (χ1n) is 11.3. The van der Waals surface area contributed by atoms with Crippen LogP contribution >= 0.6 is 0 Å². The molecule has 2 aromatic carbocycles. The Morgan fingerprint density at radius 2 is 1.35 bits per heavy atom. The lowest BCUT2D eigenvalue weighted by molar-refractivity contribution is -0.175. The van der Waals surface area contributed by atoms with Crippen molar-refractivity contribution in [3.8, 4) is 23.0 Å². The fraction of sp³-hybridized carbons (Fsp3) is 0.407. The van der Waals surface area contributed by atoms with Gasteiger partial charge < -0.3 is 23.8 Å². The highest BCUT2D eigenvalue weighted by Gasteiger charge is 2.40. The minimum atomic E-state index is -2.14. The van der Waals surface area contributed by atoms with E-state index in [1.165, 1.54) is 0 Å². The SMILES string of the molecule is COc1ccc(C2=C(c3cc(OC)c(OC)c(OC)c3)C(OO[Si](C)(C)C(C)(C)C)=CC2)cc1. The highest BCUT2D eigenvalue weighted by molar-refractivity contribution is 6.73. The van der Waals surface area contributed by atoms with E-state index in [9.17, 15) is 0 Å². The van der Waals surface area contributed by atoms with E-state index in [0.717, 1.165) is 28.0 Å². The maximum Gasteiger partial charge on any atom is 0.254 e. The fourth-order valence-electron chi connectivity index (χ4n) is 3.49. The molecule has 0 amide bonds. The van der Waals surface area contributed by atoms with Crippen LogP contribution in [0.4, 0.5) is 0 Å². The smallest absolute Gasteiger partial charge is 0.254 e. The van der Waals surface area contributed by atoms with Crippen LogP contribution < -0.4 is 18.9 Å². The van der Waals surface area contributed by atoms with Gasteiger partial charge in [-0.25, -0.2) is 4.58 Å². The molecular weight excluding hydrogens is 448 g/mol. The molecule has 0 saturated carbocycles. The number of rotatable bonds is 9. The molecule has 7 heteroatoms. The predicted molar refractivity (Wildman–Crippen MR) is 138 cm³/mol. The van der Waals surface area contributed by atoms with Gasteiger partial charge in [0.05, 0.1) is 28.4 Å². The Bertz CT molecular complexity index is 1050. The van der Waals surface area contributed by atoms with Crippen LogP contribution in [0.3, 0.4) is 0 Å². The van der Waals surface area contributed by atoms with E-state index in [0.29, 0.717) is 29.4 Å². The molecule has 0 N–H and O–H groups in total. The van der Waals surface area contributed by atoms with Crippen molar-refractivity contribution in [1.82, 2.24) is 0 Å². The maximum absolute atomic E-state index is 6.14. The molecule has 0 unspecified atom stereocenters. The van der Waals surface area contributed by atoms with Gasteiger partial charge in [0.15, 0.2) is 17.3 Å². The van der Waals surface area contributed by atoms with Crippen LogP contribution in [0.1, 0.15) is 38.3 Å². The van der Waals surface area contributed by atoms with Gasteiger partial charge in [0, 0.05) is 5.57 Å². The van der Waals surface area contributed by atoms with Crippen molar-refractivity contribution in [3.05, 3.63) is 59.4 Å². The van der Waals surface area contributed by atoms with E-state index in [4.69, 9.17) is 28.4 Å². The molecule has 0 bridgehead atoms. The number of hydrogen-bond acceptors (Lipinski definition) is 6. The van der Waals surface area contributed by atoms with Crippen molar-refractivity contribution in [1.29, 1.82) is 0 Å². The summed E-state index contributed by atoms with van der Waals surface area (Å²) >= 11 is 0. The fourth-order valence-corrected chi connectivity index (χ4v) is 4.04. The van der Waals surface area contributed by atoms with Crippen molar-refractivity contribution in [2.75, 3.05) is 28.4 Å². The zero-order chi connectivity index (χ0) is 25.1. The van der Waals surface area contributed by atoms with Crippen LogP contribution in [0.15, 0.2) is 48.2 Å². The molecule has 0 spiro atoms. The molecular formula is C27H36O6Si. The summed E-state index contributed by atoms with van der Waals surface area (Å²) in [6.45, 7) is 10.9. The molecule has 2 aromatic rings. The first-order valence-corrected chi connectivity index (χ1v) is 14.2. The second-order valence-corrected chi connectivity index (χ2v) is 14.4. The molecule has 0 saturated heterocycles. The van der Waals surface area contributed by atoms with E-state index >= 15 is 0 Å². The Labute approximate surface area is 204 Å². The van der Waals surface area contributed by atoms with Crippen molar-refractivity contribution in [3.63, 3.8) is 0 Å². The summed E-state index contributed by atoms with van der Waals surface area (Å²) in [6, 6.07) is 11.9. The summed E-state index contributed by atoms with van der Waals surface area (Å²) < 4.78 is 28.2. The van der Waals surface area contributed by atoms with Crippen LogP contribution in [0, 0.1) is 0 Å². The van der Waals surface area contributed by atoms with Crippen molar-refractivity contribution in [2.45, 2.75) is 45.3 Å². The van der Waals surface area contributed by atoms with Gasteiger partial charge in [-0.1, -0.05) is 32.9 Å². The second kappa shape index (κ2) is 10.2. The highest BCUT2D eigenvalue weighted by Crippen LogP contribution is 2.47. The maximum atomic E-state index is 6.14. The zero-order valence-corrected chi connectivity index (χ0v) is 22.7. The first-order chi connectivity index (χ1) is 16.1. The summed E-state index contributed by atoms with van der Waals surface area (Å²) in [7, 11) is 4.35. The Morgan fingerprint density at radius 1 is 0.765 bits per heavy atom. The van der Waals surface area contributed by atoms with Crippen LogP contribution in [-0.2, 0) is 9.46 Å². The molecule has 1 aliphatic carbocycles. The molecule has 3 rings (SSSR count). The minimum Gasteiger partial charge on any atom is -0.497 e. The Balaban J connectivity index is 2.12. The summed E-state index contributed by atoms with van der Waals surface area (Å²) in [5.74, 6) is 3.19. The van der Waals surface area contributed by atoms with Gasteiger partial charge in [-0.3, -0.25) is 0 Å². The van der Waals surface area contributed by atoms with Gasteiger partial charge in [0.2, 0.25) is 5.75 Å². The summed E-state index contributed by atoms with van der Waals surface area (Å²) in [4.78, 5) is 6.09. The van der Waals surface area contributed by atoms with E-state index in [1.54, 1.807) is 28.4 Å². The van der Waals surface area contributed by atoms with Gasteiger partial charge >= 0.3 is 0 Å². The molecule has 0 fully saturated rings. The molecule has 184 valence electrons. The highest BCUT2D eigenvalue weighted by atomic mass is 28.4. The van der Waals surface area contributed by atoms with Crippen LogP contribution in [0.25, 0.3) is 11.1 Å². The molecule has 0 aliphatic heterocycles. The Morgan fingerprint density at radius 3 is 1.82 bits per heavy atom. The lowest BCUT2D eigenvalue weighted by atomic mass is 9.95. The molecule has 1 aliphatic rings. The van der Waals surface area contributed by atoms with Gasteiger partial charge in [-0.15, -0.1) is 0 Å². The lowest BCUT2D eigenvalue weighted by Gasteiger charge is -2.34. The van der Waals surface area contributed by atoms with E-state index in [2.05, 4.69) is 52.1 Å². The van der Waals surface area contributed by atoms with Crippen molar-refractivity contribution in [2.24, 2.45) is 0 Å². The normalized spacial score (nSPS) is 14.1. The van der Waals surface area contributed by atoms with Crippen LogP contribution in [0.2, 0.25) is 18.1 Å². The van der Waals surface area contributed by atoms with Gasteiger partial charge in [-0.05, 0) is 71.6 Å². The Kier molecular flexibility index (Phi) is 7.68. The number of allylic oxidation sites excluding steroid dienone is 3. The van der Waals surface area contributed by atoms with Crippen LogP contribution in [-0.4, -0.2) is 36.8 Å². The zero-order valence-electron chi connectivity index (χ0n) is 21.7. The third-order valence-electron chi connectivity index (χ3n) is 6.58. The standard InChI is InChI=1S/C27H36O6Si/c1-27(2,3)34(8,9)33-32-22-15-14-21(18-10-12-20(28-4)13-11-18)25(22)19-16-23(29-5)26(31-7)24(17-19)30-6/h10-13,15-17H,14H2,1-9H3. The third kappa shape index (κ3) is 5.10. The van der Waals surface area contributed by atoms with E-state index < -0.39 is 8.32 Å². The van der Waals surface area contributed by atoms with Gasteiger partial charge in [0.1, 0.15) is 5.75 Å². The van der Waals surface area contributed by atoms with Gasteiger partial charge in [-0.2, -0.15) is 0 Å². The second-order valence-electron chi connectivity index (χ2n) is 9.70. The molecule has 6 nitrogen and oxygen atoms in total. The quantitative estimate of drug-likeness (QED) is 0.220. The van der Waals surface area contributed by atoms with Crippen molar-refractivity contribution >= 4 is 19.5 Å². The average Bonchev–Trinajstić information content (AvgIpc) is 3.25. The van der Waals surface area contributed by atoms with E-state index in [1.807, 2.05) is 24.3 Å². The number of benzene rings is 2. The summed E-state index contributed by atoms with van der Waals surface area (Å²) in [5, 5.41) is 0.0153. The molecule has 0 aromatic heterocycles. The molecule has 0 heterocycles. The lowest BCUT2D eigenvalue weighted by Crippen LogP contribution is -2.40. The minimum absolute atomic E-state index is 0.0153.